The number of aromatic amines is 1. The van der Waals surface area contributed by atoms with Crippen LogP contribution < -0.4 is 10.7 Å². The molecule has 2 heterocycles. The summed E-state index contributed by atoms with van der Waals surface area (Å²) in [5.41, 5.74) is 3.29. The van der Waals surface area contributed by atoms with Gasteiger partial charge in [0.15, 0.2) is 5.76 Å². The number of hydrogen-bond donors (Lipinski definition) is 2. The maximum Gasteiger partial charge on any atom is 0.313 e. The predicted molar refractivity (Wildman–Crippen MR) is 106 cm³/mol. The third-order valence-corrected chi connectivity index (χ3v) is 4.52. The topological polar surface area (TPSA) is 70.4 Å². The van der Waals surface area contributed by atoms with Crippen LogP contribution in [-0.2, 0) is 6.54 Å². The molecule has 0 saturated heterocycles. The van der Waals surface area contributed by atoms with E-state index in [1.807, 2.05) is 24.3 Å². The fourth-order valence-electron chi connectivity index (χ4n) is 3.24. The molecule has 0 aliphatic carbocycles. The van der Waals surface area contributed by atoms with Gasteiger partial charge in [-0.2, -0.15) is 0 Å². The number of H-pyrrole nitrogens is 1. The summed E-state index contributed by atoms with van der Waals surface area (Å²) in [6, 6.07) is 17.3. The van der Waals surface area contributed by atoms with Crippen molar-refractivity contribution in [3.63, 3.8) is 0 Å². The Balaban J connectivity index is 1.81. The fraction of sp³-hybridized carbons (Fsp3) is 0.182. The van der Waals surface area contributed by atoms with E-state index in [0.717, 1.165) is 35.9 Å². The summed E-state index contributed by atoms with van der Waals surface area (Å²) in [6.07, 6.45) is 2.57. The van der Waals surface area contributed by atoms with Crippen LogP contribution in [0.1, 0.15) is 29.5 Å². The fourth-order valence-corrected chi connectivity index (χ4v) is 3.24. The quantitative estimate of drug-likeness (QED) is 0.526. The second-order valence-electron chi connectivity index (χ2n) is 6.46. The third-order valence-electron chi connectivity index (χ3n) is 4.52. The summed E-state index contributed by atoms with van der Waals surface area (Å²) in [7, 11) is 0. The van der Waals surface area contributed by atoms with Crippen molar-refractivity contribution in [3.8, 4) is 0 Å². The van der Waals surface area contributed by atoms with Gasteiger partial charge in [0, 0.05) is 22.8 Å². The molecular formula is C22H21N3O2. The summed E-state index contributed by atoms with van der Waals surface area (Å²) in [5, 5.41) is 6.31. The summed E-state index contributed by atoms with van der Waals surface area (Å²) in [5.74, 6) is -0.154. The third kappa shape index (κ3) is 3.55. The van der Waals surface area contributed by atoms with Gasteiger partial charge in [0.25, 0.3) is 0 Å². The lowest BCUT2D eigenvalue weighted by atomic mass is 10.1. The van der Waals surface area contributed by atoms with Gasteiger partial charge in [-0.3, -0.25) is 4.79 Å². The van der Waals surface area contributed by atoms with Crippen LogP contribution in [0.2, 0.25) is 0 Å². The summed E-state index contributed by atoms with van der Waals surface area (Å²) in [4.78, 5) is 19.9. The van der Waals surface area contributed by atoms with E-state index in [-0.39, 0.29) is 11.7 Å². The molecule has 4 rings (SSSR count). The Morgan fingerprint density at radius 1 is 1.11 bits per heavy atom. The zero-order valence-electron chi connectivity index (χ0n) is 15.2. The van der Waals surface area contributed by atoms with E-state index < -0.39 is 0 Å². The molecule has 2 aromatic carbocycles. The van der Waals surface area contributed by atoms with Gasteiger partial charge in [-0.15, -0.1) is 0 Å². The molecule has 5 heteroatoms. The number of benzene rings is 1. The van der Waals surface area contributed by atoms with Gasteiger partial charge in [-0.05, 0) is 42.8 Å². The smallest absolute Gasteiger partial charge is 0.313 e. The number of carbonyl (C=O) groups is 1. The lowest BCUT2D eigenvalue weighted by molar-refractivity contribution is 0.0972. The van der Waals surface area contributed by atoms with Crippen molar-refractivity contribution in [3.05, 3.63) is 77.5 Å². The molecule has 27 heavy (non-hydrogen) atoms. The molecule has 4 aromatic rings. The number of fused-ring (bicyclic) bond motifs is 3. The maximum absolute atomic E-state index is 12.2. The average Bonchev–Trinajstić information content (AvgIpc) is 3.27. The maximum atomic E-state index is 12.2. The number of nitrogens with one attached hydrogen (secondary N) is 2. The van der Waals surface area contributed by atoms with Gasteiger partial charge in [-0.1, -0.05) is 37.3 Å². The molecule has 0 aliphatic rings. The molecule has 5 nitrogen and oxygen atoms in total. The van der Waals surface area contributed by atoms with Crippen molar-refractivity contribution < 1.29 is 9.21 Å². The van der Waals surface area contributed by atoms with Crippen molar-refractivity contribution in [1.82, 2.24) is 10.3 Å². The minimum atomic E-state index is -0.389. The van der Waals surface area contributed by atoms with Crippen molar-refractivity contribution in [1.29, 1.82) is 0 Å². The number of aromatic nitrogens is 1. The van der Waals surface area contributed by atoms with Crippen LogP contribution >= 0.6 is 0 Å². The van der Waals surface area contributed by atoms with Gasteiger partial charge >= 0.3 is 5.91 Å². The first-order valence-electron chi connectivity index (χ1n) is 9.13. The number of hydrogen-bond acceptors (Lipinski definition) is 3. The highest BCUT2D eigenvalue weighted by atomic mass is 16.3. The monoisotopic (exact) mass is 359 g/mol. The predicted octanol–water partition coefficient (Wildman–Crippen LogP) is 4.15. The number of furan rings is 1. The molecule has 0 bridgehead atoms. The SMILES string of the molecule is CCCNCc1cccc2c1[nH]c1cc(=NC(=O)c3ccco3)cccc12. The van der Waals surface area contributed by atoms with Crippen LogP contribution in [0.4, 0.5) is 0 Å². The molecule has 136 valence electrons. The molecule has 2 N–H and O–H groups in total. The second kappa shape index (κ2) is 7.60. The summed E-state index contributed by atoms with van der Waals surface area (Å²) in [6.45, 7) is 3.97. The van der Waals surface area contributed by atoms with Crippen LogP contribution in [0.5, 0.6) is 0 Å². The first-order valence-corrected chi connectivity index (χ1v) is 9.13. The Labute approximate surface area is 156 Å². The Hall–Kier alpha value is -3.18. The van der Waals surface area contributed by atoms with E-state index in [0.29, 0.717) is 5.36 Å². The lowest BCUT2D eigenvalue weighted by Gasteiger charge is -2.04. The van der Waals surface area contributed by atoms with Crippen LogP contribution in [0.3, 0.4) is 0 Å². The van der Waals surface area contributed by atoms with Gasteiger partial charge in [-0.25, -0.2) is 4.99 Å². The Bertz CT molecular complexity index is 1160. The molecular weight excluding hydrogens is 338 g/mol. The van der Waals surface area contributed by atoms with E-state index in [4.69, 9.17) is 4.42 Å². The number of nitrogens with zero attached hydrogens (tertiary/aromatic N) is 1. The van der Waals surface area contributed by atoms with E-state index in [1.54, 1.807) is 12.1 Å². The minimum absolute atomic E-state index is 0.235. The highest BCUT2D eigenvalue weighted by Gasteiger charge is 2.08. The summed E-state index contributed by atoms with van der Waals surface area (Å²) < 4.78 is 5.13. The molecule has 0 fully saturated rings. The molecule has 0 unspecified atom stereocenters. The molecule has 2 aromatic heterocycles. The Morgan fingerprint density at radius 3 is 2.78 bits per heavy atom. The number of amides is 1. The van der Waals surface area contributed by atoms with E-state index >= 15 is 0 Å². The van der Waals surface area contributed by atoms with E-state index in [9.17, 15) is 4.79 Å². The molecule has 0 spiro atoms. The zero-order valence-corrected chi connectivity index (χ0v) is 15.2. The van der Waals surface area contributed by atoms with E-state index in [1.165, 1.54) is 17.2 Å². The van der Waals surface area contributed by atoms with Crippen molar-refractivity contribution in [2.24, 2.45) is 4.99 Å². The van der Waals surface area contributed by atoms with Gasteiger partial charge in [0.2, 0.25) is 0 Å². The first kappa shape index (κ1) is 17.2. The highest BCUT2D eigenvalue weighted by molar-refractivity contribution is 6.07. The Morgan fingerprint density at radius 2 is 1.96 bits per heavy atom. The summed E-state index contributed by atoms with van der Waals surface area (Å²) >= 11 is 0. The van der Waals surface area contributed by atoms with Crippen LogP contribution in [-0.4, -0.2) is 17.4 Å². The van der Waals surface area contributed by atoms with Gasteiger partial charge < -0.3 is 14.7 Å². The molecule has 0 aliphatic heterocycles. The van der Waals surface area contributed by atoms with Crippen molar-refractivity contribution in [2.45, 2.75) is 19.9 Å². The standard InChI is InChI=1S/C22H21N3O2/c1-2-11-23-14-15-6-3-9-18-17-8-4-7-16(13-19(17)25-21(15)18)24-22(26)20-10-5-12-27-20/h3-10,12-13,23,25H,2,11,14H2,1H3. The van der Waals surface area contributed by atoms with Crippen molar-refractivity contribution >= 4 is 27.7 Å². The normalized spacial score (nSPS) is 12.1. The molecule has 0 radical (unpaired) electrons. The lowest BCUT2D eigenvalue weighted by Crippen LogP contribution is -2.13. The largest absolute Gasteiger partial charge is 0.459 e. The average molecular weight is 359 g/mol. The number of para-hydroxylation sites is 1. The zero-order chi connectivity index (χ0) is 18.6. The van der Waals surface area contributed by atoms with Crippen molar-refractivity contribution in [2.75, 3.05) is 6.54 Å². The van der Waals surface area contributed by atoms with Crippen LogP contribution in [0, 0.1) is 0 Å². The Kier molecular flexibility index (Phi) is 4.85. The van der Waals surface area contributed by atoms with E-state index in [2.05, 4.69) is 40.4 Å². The molecule has 1 amide bonds. The molecule has 0 saturated carbocycles. The second-order valence-corrected chi connectivity index (χ2v) is 6.46. The van der Waals surface area contributed by atoms with Crippen LogP contribution in [0.25, 0.3) is 21.8 Å². The minimum Gasteiger partial charge on any atom is -0.459 e. The van der Waals surface area contributed by atoms with Gasteiger partial charge in [0.1, 0.15) is 0 Å². The highest BCUT2D eigenvalue weighted by Crippen LogP contribution is 2.26. The van der Waals surface area contributed by atoms with Gasteiger partial charge in [0.05, 0.1) is 17.1 Å². The number of rotatable bonds is 5. The van der Waals surface area contributed by atoms with Crippen LogP contribution in [0.15, 0.2) is 70.3 Å². The first-order chi connectivity index (χ1) is 13.3. The number of carbonyl (C=O) groups excluding carboxylic acids is 1. The molecule has 0 atom stereocenters.